The molecule has 6 aliphatic heterocycles. The van der Waals surface area contributed by atoms with Gasteiger partial charge in [-0.25, -0.2) is 0 Å². The third-order valence-electron chi connectivity index (χ3n) is 12.5. The first kappa shape index (κ1) is 54.9. The summed E-state index contributed by atoms with van der Waals surface area (Å²) in [4.78, 5) is 31.4. The van der Waals surface area contributed by atoms with Crippen LogP contribution in [0.4, 0.5) is 4.70 Å². The van der Waals surface area contributed by atoms with Gasteiger partial charge in [-0.1, -0.05) is 74.8 Å². The Morgan fingerprint density at radius 1 is 0.647 bits per heavy atom. The fourth-order valence-corrected chi connectivity index (χ4v) is 15.8. The van der Waals surface area contributed by atoms with Crippen LogP contribution in [0.1, 0.15) is 55.4 Å². The van der Waals surface area contributed by atoms with Gasteiger partial charge in [0, 0.05) is 105 Å². The van der Waals surface area contributed by atoms with E-state index in [1.807, 2.05) is 85.2 Å². The summed E-state index contributed by atoms with van der Waals surface area (Å²) in [5, 5.41) is 11.6. The summed E-state index contributed by atoms with van der Waals surface area (Å²) in [6, 6.07) is 24.4. The molecule has 0 aromatic carbocycles. The number of aromatic nitrogens is 4. The third-order valence-corrected chi connectivity index (χ3v) is 19.3. The minimum absolute atomic E-state index is 0. The summed E-state index contributed by atoms with van der Waals surface area (Å²) < 4.78 is 2.71. The zero-order chi connectivity index (χ0) is 46.0. The SMILES string of the molecule is C1CN=C2[N-]CCCN2C1.C[Si](C)(C(C1C=CC=CN1)C1C=CC=CN1)N1CCCN2CCCN=C21.C[Si](C)(Cl)C(c1ccccn1)c1ccccn1.F.[3HH].[K+].c1ccc(Cc2ccccn2)nc1. The molecule has 10 heterocycles. The van der Waals surface area contributed by atoms with Crippen molar-refractivity contribution >= 4 is 38.6 Å². The van der Waals surface area contributed by atoms with Gasteiger partial charge in [-0.3, -0.25) is 29.6 Å². The average Bonchev–Trinajstić information content (AvgIpc) is 3.36. The molecule has 12 nitrogen and oxygen atoms in total. The number of hydrogen-bond acceptors (Lipinski definition) is 11. The Morgan fingerprint density at radius 2 is 1.16 bits per heavy atom. The molecule has 2 atom stereocenters. The number of nitrogens with zero attached hydrogens (tertiary/aromatic N) is 10. The standard InChI is InChI=1S/C20H31N5Si.C13H15ClN2Si.C11H10N2.C7H12N3.FH.K.H2/c1-26(2,25-16-8-15-24-14-7-13-23-20(24)25)19(17-9-3-5-11-21-17)18-10-4-6-12-22-18;1-17(2,14)13(11-7-3-5-9-15-11)12-8-4-6-10-16-12;1-3-7-12-10(5-1)9-11-6-2-4-8-13-11;1-3-8-7-9-4-2-6-10(7)5-1;;;/h3-6,9-12,17-19,21-22H,7-8,13-16H2,1-2H3;3-10,13H,1-2H3;1-8H,9H2;1-6H2;1H;;1H/q;;;-1;;+1;/i;;;;;;1+2. The van der Waals surface area contributed by atoms with Crippen molar-refractivity contribution in [1.82, 2.24) is 44.9 Å². The van der Waals surface area contributed by atoms with Gasteiger partial charge in [0.15, 0.2) is 21.6 Å². The molecule has 0 saturated carbocycles. The van der Waals surface area contributed by atoms with E-state index in [4.69, 9.17) is 16.1 Å². The van der Waals surface area contributed by atoms with Gasteiger partial charge >= 0.3 is 51.4 Å². The molecule has 0 bridgehead atoms. The Balaban J connectivity index is 0.000000210. The first-order chi connectivity index (χ1) is 32.2. The molecule has 17 heteroatoms. The Kier molecular flexibility index (Phi) is 22.6. The predicted octanol–water partition coefficient (Wildman–Crippen LogP) is 6.30. The fraction of sp³-hybridized carbons (Fsp3) is 0.412. The van der Waals surface area contributed by atoms with Crippen LogP contribution in [0.5, 0.6) is 0 Å². The number of guanidine groups is 2. The average molecular weight is 1000 g/mol. The number of fused-ring (bicyclic) bond motifs is 2. The van der Waals surface area contributed by atoms with Gasteiger partial charge in [-0.2, -0.15) is 11.1 Å². The van der Waals surface area contributed by atoms with E-state index >= 15 is 0 Å². The molecular weight excluding hydrogens is 930 g/mol. The molecule has 2 saturated heterocycles. The topological polar surface area (TPSA) is 124 Å². The molecule has 68 heavy (non-hydrogen) atoms. The van der Waals surface area contributed by atoms with Crippen molar-refractivity contribution in [2.75, 3.05) is 52.4 Å². The van der Waals surface area contributed by atoms with Crippen LogP contribution < -0.4 is 62.0 Å². The van der Waals surface area contributed by atoms with E-state index in [2.05, 4.69) is 130 Å². The van der Waals surface area contributed by atoms with Gasteiger partial charge in [0.05, 0.1) is 5.54 Å². The van der Waals surface area contributed by atoms with E-state index < -0.39 is 15.6 Å². The number of aliphatic imine (C=N–C) groups is 2. The molecular formula is C51H71ClFKN12Si2. The molecule has 0 aliphatic carbocycles. The van der Waals surface area contributed by atoms with Crippen molar-refractivity contribution < 1.29 is 57.5 Å². The molecule has 4 aromatic heterocycles. The van der Waals surface area contributed by atoms with Crippen molar-refractivity contribution in [3.63, 3.8) is 0 Å². The largest absolute Gasteiger partial charge is 1.00 e. The molecule has 4 aromatic rings. The third kappa shape index (κ3) is 15.8. The smallest absolute Gasteiger partial charge is 0.426 e. The maximum atomic E-state index is 6.63. The van der Waals surface area contributed by atoms with Crippen LogP contribution in [0, 0.1) is 0 Å². The van der Waals surface area contributed by atoms with E-state index in [1.54, 1.807) is 12.4 Å². The van der Waals surface area contributed by atoms with E-state index in [-0.39, 0.29) is 63.1 Å². The van der Waals surface area contributed by atoms with Crippen molar-refractivity contribution in [2.24, 2.45) is 9.98 Å². The number of nitrogens with one attached hydrogen (secondary N) is 2. The maximum absolute atomic E-state index is 6.63. The van der Waals surface area contributed by atoms with Crippen LogP contribution in [0.25, 0.3) is 5.32 Å². The zero-order valence-electron chi connectivity index (χ0n) is 40.6. The Labute approximate surface area is 455 Å². The number of allylic oxidation sites excluding steroid dienone is 4. The summed E-state index contributed by atoms with van der Waals surface area (Å²) in [6.07, 6.45) is 30.2. The Bertz CT molecular complexity index is 2170. The monoisotopic (exact) mass is 1000 g/mol. The summed E-state index contributed by atoms with van der Waals surface area (Å²) in [5.41, 5.74) is 4.76. The normalized spacial score (nSPS) is 19.5. The van der Waals surface area contributed by atoms with Gasteiger partial charge < -0.3 is 35.3 Å². The molecule has 358 valence electrons. The molecule has 0 amide bonds. The summed E-state index contributed by atoms with van der Waals surface area (Å²) in [7, 11) is -3.77. The van der Waals surface area contributed by atoms with Crippen LogP contribution in [0.15, 0.2) is 156 Å². The first-order valence-electron chi connectivity index (χ1n) is 23.7. The van der Waals surface area contributed by atoms with Crippen molar-refractivity contribution in [1.29, 1.82) is 0 Å². The molecule has 10 rings (SSSR count). The van der Waals surface area contributed by atoms with E-state index in [1.165, 1.54) is 57.8 Å². The van der Waals surface area contributed by atoms with Crippen LogP contribution in [0.2, 0.25) is 31.7 Å². The zero-order valence-corrected chi connectivity index (χ0v) is 46.5. The number of pyridine rings is 4. The van der Waals surface area contributed by atoms with Crippen LogP contribution in [-0.4, -0.2) is 126 Å². The van der Waals surface area contributed by atoms with Gasteiger partial charge in [0.2, 0.25) is 0 Å². The number of halogens is 2. The molecule has 2 fully saturated rings. The predicted molar refractivity (Wildman–Crippen MR) is 282 cm³/mol. The summed E-state index contributed by atoms with van der Waals surface area (Å²) >= 11 is 6.63. The van der Waals surface area contributed by atoms with E-state index in [0.29, 0.717) is 17.6 Å². The second-order valence-corrected chi connectivity index (χ2v) is 29.3. The fourth-order valence-electron chi connectivity index (χ4n) is 9.41. The second kappa shape index (κ2) is 28.0. The van der Waals surface area contributed by atoms with Crippen LogP contribution in [0.3, 0.4) is 0 Å². The molecule has 0 radical (unpaired) electrons. The minimum atomic E-state index is -1.92. The molecule has 0 spiro atoms. The van der Waals surface area contributed by atoms with Gasteiger partial charge in [-0.05, 0) is 125 Å². The van der Waals surface area contributed by atoms with Crippen molar-refractivity contribution in [3.8, 4) is 0 Å². The van der Waals surface area contributed by atoms with Gasteiger partial charge in [-0.15, -0.1) is 0 Å². The van der Waals surface area contributed by atoms with E-state index in [9.17, 15) is 0 Å². The quantitative estimate of drug-likeness (QED) is 0.147. The molecule has 2 unspecified atom stereocenters. The number of rotatable bonds is 9. The summed E-state index contributed by atoms with van der Waals surface area (Å²) in [6.45, 7) is 18.1. The minimum Gasteiger partial charge on any atom is -0.426 e. The first-order valence-corrected chi connectivity index (χ1v) is 30.8. The number of dihydropyridines is 2. The van der Waals surface area contributed by atoms with Gasteiger partial charge in [0.25, 0.3) is 0 Å². The Hall–Kier alpha value is -4.01. The van der Waals surface area contributed by atoms with Crippen molar-refractivity contribution in [3.05, 3.63) is 175 Å². The van der Waals surface area contributed by atoms with Crippen LogP contribution >= 0.6 is 11.1 Å². The second-order valence-electron chi connectivity index (χ2n) is 18.2. The summed E-state index contributed by atoms with van der Waals surface area (Å²) in [5.74, 6) is 2.28. The van der Waals surface area contributed by atoms with E-state index in [0.717, 1.165) is 61.3 Å². The number of hydrogen-bond donors (Lipinski definition) is 2. The maximum Gasteiger partial charge on any atom is 1.00 e. The van der Waals surface area contributed by atoms with Crippen molar-refractivity contribution in [2.45, 2.75) is 81.5 Å². The molecule has 2 N–H and O–H groups in total. The molecule has 6 aliphatic rings. The van der Waals surface area contributed by atoms with Crippen LogP contribution in [-0.2, 0) is 6.42 Å². The Morgan fingerprint density at radius 3 is 1.65 bits per heavy atom. The van der Waals surface area contributed by atoms with Gasteiger partial charge in [0.1, 0.15) is 0 Å².